The molecule has 26 heavy (non-hydrogen) atoms. The number of allylic oxidation sites excluding steroid dienone is 5. The fourth-order valence-corrected chi connectivity index (χ4v) is 4.95. The summed E-state index contributed by atoms with van der Waals surface area (Å²) >= 11 is 0. The van der Waals surface area contributed by atoms with Gasteiger partial charge in [-0.15, -0.1) is 0 Å². The summed E-state index contributed by atoms with van der Waals surface area (Å²) in [6.07, 6.45) is 6.44. The Kier molecular flexibility index (Phi) is 3.17. The Morgan fingerprint density at radius 1 is 0.692 bits per heavy atom. The third kappa shape index (κ3) is 1.64. The van der Waals surface area contributed by atoms with Gasteiger partial charge in [-0.1, -0.05) is 97.6 Å². The van der Waals surface area contributed by atoms with Gasteiger partial charge in [0.15, 0.2) is 0 Å². The molecule has 0 nitrogen and oxygen atoms in total. The van der Waals surface area contributed by atoms with Crippen molar-refractivity contribution in [2.45, 2.75) is 12.3 Å². The van der Waals surface area contributed by atoms with Crippen molar-refractivity contribution in [3.63, 3.8) is 0 Å². The number of benzene rings is 3. The zero-order chi connectivity index (χ0) is 17.7. The van der Waals surface area contributed by atoms with Crippen LogP contribution in [0.15, 0.2) is 103 Å². The fraction of sp³-hybridized carbons (Fsp3) is 0.0769. The molecular weight excluding hydrogens is 312 g/mol. The minimum Gasteiger partial charge on any atom is -0.0984 e. The first kappa shape index (κ1) is 15.2. The third-order valence-corrected chi connectivity index (χ3v) is 5.81. The lowest BCUT2D eigenvalue weighted by Crippen LogP contribution is -2.26. The first-order chi connectivity index (χ1) is 12.8. The number of hydrogen-bond donors (Lipinski definition) is 0. The van der Waals surface area contributed by atoms with Crippen molar-refractivity contribution in [2.24, 2.45) is 0 Å². The molecule has 0 heteroatoms. The summed E-state index contributed by atoms with van der Waals surface area (Å²) in [6, 6.07) is 26.5. The maximum absolute atomic E-state index is 4.15. The van der Waals surface area contributed by atoms with Gasteiger partial charge < -0.3 is 0 Å². The van der Waals surface area contributed by atoms with Gasteiger partial charge in [-0.3, -0.25) is 0 Å². The van der Waals surface area contributed by atoms with E-state index in [4.69, 9.17) is 0 Å². The summed E-state index contributed by atoms with van der Waals surface area (Å²) in [4.78, 5) is 0. The molecule has 0 unspecified atom stereocenters. The quantitative estimate of drug-likeness (QED) is 0.500. The van der Waals surface area contributed by atoms with Crippen LogP contribution in [0.2, 0.25) is 0 Å². The molecule has 0 radical (unpaired) electrons. The zero-order valence-electron chi connectivity index (χ0n) is 14.9. The van der Waals surface area contributed by atoms with Crippen LogP contribution in [-0.2, 0) is 5.41 Å². The molecule has 0 heterocycles. The van der Waals surface area contributed by atoms with Crippen LogP contribution in [0.4, 0.5) is 0 Å². The van der Waals surface area contributed by atoms with Gasteiger partial charge in [0.25, 0.3) is 0 Å². The van der Waals surface area contributed by atoms with E-state index in [0.717, 1.165) is 0 Å². The minimum absolute atomic E-state index is 0.250. The van der Waals surface area contributed by atoms with E-state index in [1.54, 1.807) is 0 Å². The maximum atomic E-state index is 4.15. The van der Waals surface area contributed by atoms with Gasteiger partial charge in [0.1, 0.15) is 0 Å². The first-order valence-corrected chi connectivity index (χ1v) is 9.13. The molecule has 0 saturated heterocycles. The molecule has 0 bridgehead atoms. The van der Waals surface area contributed by atoms with E-state index in [9.17, 15) is 0 Å². The van der Waals surface area contributed by atoms with Gasteiger partial charge in [0, 0.05) is 0 Å². The molecular formula is C26H20. The SMILES string of the molecule is C=CC1=C(C=CC)C2(c3ccccc31)c1ccccc1-c1ccccc12. The van der Waals surface area contributed by atoms with Crippen LogP contribution in [0.25, 0.3) is 16.7 Å². The van der Waals surface area contributed by atoms with Crippen LogP contribution >= 0.6 is 0 Å². The Hall–Kier alpha value is -3.12. The Balaban J connectivity index is 2.03. The van der Waals surface area contributed by atoms with E-state index < -0.39 is 0 Å². The molecule has 0 amide bonds. The molecule has 2 aliphatic rings. The predicted octanol–water partition coefficient (Wildman–Crippen LogP) is 6.53. The summed E-state index contributed by atoms with van der Waals surface area (Å²) in [5.74, 6) is 0. The monoisotopic (exact) mass is 332 g/mol. The maximum Gasteiger partial charge on any atom is 0.0725 e. The van der Waals surface area contributed by atoms with E-state index in [0.29, 0.717) is 0 Å². The van der Waals surface area contributed by atoms with E-state index in [2.05, 4.69) is 98.5 Å². The van der Waals surface area contributed by atoms with Crippen molar-refractivity contribution in [2.75, 3.05) is 0 Å². The van der Waals surface area contributed by atoms with Crippen LogP contribution in [0.5, 0.6) is 0 Å². The van der Waals surface area contributed by atoms with Gasteiger partial charge in [0.05, 0.1) is 5.41 Å². The lowest BCUT2D eigenvalue weighted by molar-refractivity contribution is 0.786. The molecule has 0 aromatic heterocycles. The highest BCUT2D eigenvalue weighted by Crippen LogP contribution is 2.61. The van der Waals surface area contributed by atoms with E-state index >= 15 is 0 Å². The average Bonchev–Trinajstić information content (AvgIpc) is 3.15. The second kappa shape index (κ2) is 5.44. The molecule has 5 rings (SSSR count). The van der Waals surface area contributed by atoms with Crippen LogP contribution in [-0.4, -0.2) is 0 Å². The Morgan fingerprint density at radius 2 is 1.15 bits per heavy atom. The topological polar surface area (TPSA) is 0 Å². The number of fused-ring (bicyclic) bond motifs is 7. The normalized spacial score (nSPS) is 16.0. The van der Waals surface area contributed by atoms with Crippen molar-refractivity contribution in [1.82, 2.24) is 0 Å². The smallest absolute Gasteiger partial charge is 0.0725 e. The largest absolute Gasteiger partial charge is 0.0984 e. The summed E-state index contributed by atoms with van der Waals surface area (Å²) in [5, 5.41) is 0. The Bertz CT molecular complexity index is 1060. The third-order valence-electron chi connectivity index (χ3n) is 5.81. The summed E-state index contributed by atoms with van der Waals surface area (Å²) in [5.41, 5.74) is 10.4. The molecule has 1 spiro atoms. The second-order valence-electron chi connectivity index (χ2n) is 6.92. The zero-order valence-corrected chi connectivity index (χ0v) is 14.9. The van der Waals surface area contributed by atoms with Gasteiger partial charge in [-0.2, -0.15) is 0 Å². The molecule has 0 atom stereocenters. The van der Waals surface area contributed by atoms with Gasteiger partial charge >= 0.3 is 0 Å². The highest BCUT2D eigenvalue weighted by atomic mass is 14.5. The van der Waals surface area contributed by atoms with Crippen LogP contribution in [0.3, 0.4) is 0 Å². The molecule has 124 valence electrons. The van der Waals surface area contributed by atoms with Crippen molar-refractivity contribution in [1.29, 1.82) is 0 Å². The van der Waals surface area contributed by atoms with Gasteiger partial charge in [0.2, 0.25) is 0 Å². The molecule has 0 saturated carbocycles. The lowest BCUT2D eigenvalue weighted by Gasteiger charge is -2.31. The molecule has 2 aliphatic carbocycles. The summed E-state index contributed by atoms with van der Waals surface area (Å²) in [7, 11) is 0. The van der Waals surface area contributed by atoms with E-state index in [1.807, 2.05) is 6.08 Å². The Morgan fingerprint density at radius 3 is 1.65 bits per heavy atom. The first-order valence-electron chi connectivity index (χ1n) is 9.13. The molecule has 3 aromatic rings. The van der Waals surface area contributed by atoms with Crippen molar-refractivity contribution in [3.05, 3.63) is 125 Å². The van der Waals surface area contributed by atoms with E-state index in [-0.39, 0.29) is 5.41 Å². The summed E-state index contributed by atoms with van der Waals surface area (Å²) in [6.45, 7) is 6.24. The second-order valence-corrected chi connectivity index (χ2v) is 6.92. The number of hydrogen-bond acceptors (Lipinski definition) is 0. The number of rotatable bonds is 2. The molecule has 3 aromatic carbocycles. The predicted molar refractivity (Wildman–Crippen MR) is 110 cm³/mol. The van der Waals surface area contributed by atoms with Crippen LogP contribution < -0.4 is 0 Å². The van der Waals surface area contributed by atoms with Crippen molar-refractivity contribution in [3.8, 4) is 11.1 Å². The van der Waals surface area contributed by atoms with E-state index in [1.165, 1.54) is 44.5 Å². The fourth-order valence-electron chi connectivity index (χ4n) is 4.95. The standard InChI is InChI=1S/C26H20/c1-3-11-22-18(4-2)19-12-5-8-15-23(19)26(22)24-16-9-6-13-20(24)21-14-7-10-17-25(21)26/h3-17H,2H2,1H3. The molecule has 0 fully saturated rings. The lowest BCUT2D eigenvalue weighted by atomic mass is 9.69. The molecule has 0 aliphatic heterocycles. The van der Waals surface area contributed by atoms with Gasteiger partial charge in [-0.05, 0) is 51.5 Å². The van der Waals surface area contributed by atoms with Crippen molar-refractivity contribution >= 4 is 5.57 Å². The van der Waals surface area contributed by atoms with Crippen LogP contribution in [0, 0.1) is 0 Å². The average molecular weight is 332 g/mol. The highest BCUT2D eigenvalue weighted by molar-refractivity contribution is 5.97. The van der Waals surface area contributed by atoms with Gasteiger partial charge in [-0.25, -0.2) is 0 Å². The molecule has 0 N–H and O–H groups in total. The Labute approximate surface area is 154 Å². The van der Waals surface area contributed by atoms with Crippen molar-refractivity contribution < 1.29 is 0 Å². The summed E-state index contributed by atoms with van der Waals surface area (Å²) < 4.78 is 0. The van der Waals surface area contributed by atoms with Crippen LogP contribution in [0.1, 0.15) is 29.2 Å². The highest BCUT2D eigenvalue weighted by Gasteiger charge is 2.51. The minimum atomic E-state index is -0.250.